The lowest BCUT2D eigenvalue weighted by Gasteiger charge is -2.51. The molecule has 48 heteroatoms. The number of nitrogens with one attached hydrogen (secondary N) is 1. The number of aliphatic hydroxyl groups is 6. The zero-order valence-corrected chi connectivity index (χ0v) is 84.6. The average molecular weight is 1950 g/mol. The number of rotatable bonds is 26. The van der Waals surface area contributed by atoms with E-state index in [9.17, 15) is 83.1 Å². The van der Waals surface area contributed by atoms with E-state index in [0.717, 1.165) is 40.3 Å². The predicted molar refractivity (Wildman–Crippen MR) is 479 cm³/mol. The second-order valence-electron chi connectivity index (χ2n) is 38.9. The summed E-state index contributed by atoms with van der Waals surface area (Å²) in [6.45, 7) is 45.4. The Kier molecular flexibility index (Phi) is 38.6. The van der Waals surface area contributed by atoms with Crippen molar-refractivity contribution in [1.82, 2.24) is 37.6 Å². The van der Waals surface area contributed by atoms with E-state index in [1.807, 2.05) is 4.98 Å². The highest BCUT2D eigenvalue weighted by Crippen LogP contribution is 2.51. The van der Waals surface area contributed by atoms with E-state index in [2.05, 4.69) is 116 Å². The number of hydrogen-bond acceptors (Lipinski definition) is 36. The van der Waals surface area contributed by atoms with Gasteiger partial charge in [0.15, 0.2) is 45.1 Å². The lowest BCUT2D eigenvalue weighted by molar-refractivity contribution is -0.159. The van der Waals surface area contributed by atoms with Crippen molar-refractivity contribution in [3.8, 4) is 0 Å². The average Bonchev–Trinajstić information content (AvgIpc) is 1.51. The van der Waals surface area contributed by atoms with Crippen LogP contribution in [0, 0.1) is 16.2 Å². The summed E-state index contributed by atoms with van der Waals surface area (Å²) in [5.74, 6) is -2.95. The molecule has 7 aliphatic heterocycles. The molecule has 0 saturated carbocycles. The summed E-state index contributed by atoms with van der Waals surface area (Å²) in [4.78, 5) is 152. The minimum atomic E-state index is -3.12. The molecule has 10 heterocycles. The van der Waals surface area contributed by atoms with Gasteiger partial charge in [0.25, 0.3) is 16.7 Å². The highest BCUT2D eigenvalue weighted by Gasteiger charge is 2.65. The molecule has 5 unspecified atom stereocenters. The second-order valence-corrected chi connectivity index (χ2v) is 56.6. The number of carbonyl (C=O) groups excluding carboxylic acids is 6. The van der Waals surface area contributed by atoms with Crippen molar-refractivity contribution in [2.75, 3.05) is 60.6 Å². The number of aromatic amines is 1. The number of urea groups is 1. The lowest BCUT2D eigenvalue weighted by atomic mass is 9.97. The molecule has 0 aromatic carbocycles. The summed E-state index contributed by atoms with van der Waals surface area (Å²) >= 11 is 0. The molecule has 6 saturated heterocycles. The van der Waals surface area contributed by atoms with Gasteiger partial charge in [0, 0.05) is 43.0 Å². The van der Waals surface area contributed by atoms with Crippen molar-refractivity contribution >= 4 is 70.1 Å². The fraction of sp³-hybridized carbons (Fsp3) is 0.762. The molecule has 3 aromatic rings. The monoisotopic (exact) mass is 1950 g/mol. The molecule has 6 fully saturated rings. The number of ether oxygens (including phenoxy) is 11. The van der Waals surface area contributed by atoms with Crippen molar-refractivity contribution in [3.05, 3.63) is 112 Å². The van der Waals surface area contributed by atoms with E-state index in [1.165, 1.54) is 55.6 Å². The van der Waals surface area contributed by atoms with Crippen LogP contribution in [0.15, 0.2) is 77.8 Å². The summed E-state index contributed by atoms with van der Waals surface area (Å²) in [5.41, 5.74) is -0.0384. The van der Waals surface area contributed by atoms with Crippen molar-refractivity contribution in [1.29, 1.82) is 0 Å². The molecule has 0 aliphatic carbocycles. The molecule has 44 nitrogen and oxygen atoms in total. The lowest BCUT2D eigenvalue weighted by Crippen LogP contribution is -2.66. The van der Waals surface area contributed by atoms with Crippen LogP contribution < -0.4 is 39.5 Å². The number of H-pyrrole nitrogens is 1. The van der Waals surface area contributed by atoms with Gasteiger partial charge in [0.2, 0.25) is 0 Å². The Labute approximate surface area is 770 Å². The number of methoxy groups -OCH3 is 2. The summed E-state index contributed by atoms with van der Waals surface area (Å²) in [5, 5.41) is 59.4. The number of aliphatic hydroxyl groups excluding tert-OH is 6. The molecule has 0 bridgehead atoms. The van der Waals surface area contributed by atoms with Crippen LogP contribution in [0.4, 0.5) is 4.79 Å². The van der Waals surface area contributed by atoms with Gasteiger partial charge in [-0.3, -0.25) is 57.3 Å². The van der Waals surface area contributed by atoms with Crippen molar-refractivity contribution < 1.29 is 137 Å². The maximum absolute atomic E-state index is 13.8. The van der Waals surface area contributed by atoms with Crippen molar-refractivity contribution in [2.24, 2.45) is 22.0 Å². The zero-order chi connectivity index (χ0) is 99.7. The number of hydrogen-bond donors (Lipinski definition) is 8. The van der Waals surface area contributed by atoms with Crippen LogP contribution in [0.25, 0.3) is 0 Å². The number of aromatic nitrogens is 6. The first kappa shape index (κ1) is 112. The fourth-order valence-electron chi connectivity index (χ4n) is 16.0. The van der Waals surface area contributed by atoms with Gasteiger partial charge in [-0.25, -0.2) is 37.9 Å². The molecule has 3 aromatic heterocycles. The van der Waals surface area contributed by atoms with Crippen LogP contribution in [0.1, 0.15) is 192 Å². The SMILES string of the molecule is CC(C)[Si]1(C(C)C)OC[C@H]2O[C@@H](n3ccc(=O)n(COC(=O)C(C)(C)C)c3=O)[C@@H](O)C2O[Si](C(C)C)(C(C)C)O1.COC(=O)CO[C@H]1C(O)[C@@H](CO)O[C@H]1N1C=CC(N)N(COC(=O)C(C)(C)C)C1=O.COC(=O)CO[C@H]1C2O[Si](C(C)C)(C(C)C)O[Si](C(C)C)(C(C)C)OC[C@H]2O[C@H]1n1ccc(=O)n(COC(=O)C(C)(C)C)c1=O.O=c1ccn([C@@H]2O[C@H](CO)C(O)[C@@H]2O)c(=O)[nH]1. The highest BCUT2D eigenvalue weighted by atomic mass is 28.5. The number of nitrogens with zero attached hydrogens (tertiary/aromatic N) is 7. The molecule has 132 heavy (non-hydrogen) atoms. The Morgan fingerprint density at radius 3 is 1.24 bits per heavy atom. The third kappa shape index (κ3) is 24.9. The number of amides is 2. The number of nitrogens with two attached hydrogens (primary N) is 1. The Bertz CT molecular complexity index is 4790. The van der Waals surface area contributed by atoms with Gasteiger partial charge < -0.3 is 114 Å². The normalized spacial score (nSPS) is 27.5. The summed E-state index contributed by atoms with van der Waals surface area (Å²) in [6, 6.07) is 2.79. The van der Waals surface area contributed by atoms with Crippen molar-refractivity contribution in [2.45, 2.75) is 335 Å². The van der Waals surface area contributed by atoms with Crippen LogP contribution in [0.5, 0.6) is 0 Å². The van der Waals surface area contributed by atoms with E-state index in [-0.39, 0.29) is 57.5 Å². The molecule has 0 radical (unpaired) electrons. The fourth-order valence-corrected chi connectivity index (χ4v) is 38.4. The van der Waals surface area contributed by atoms with Gasteiger partial charge in [-0.05, 0) is 113 Å². The van der Waals surface area contributed by atoms with E-state index in [1.54, 1.807) is 62.3 Å². The third-order valence-corrected chi connectivity index (χ3v) is 44.2. The Morgan fingerprint density at radius 1 is 0.470 bits per heavy atom. The molecular weight excluding hydrogens is 1810 g/mol. The summed E-state index contributed by atoms with van der Waals surface area (Å²) in [6.07, 6.45) is -11.2. The molecule has 17 atom stereocenters. The molecule has 9 N–H and O–H groups in total. The second kappa shape index (κ2) is 45.6. The Hall–Kier alpha value is -7.49. The van der Waals surface area contributed by atoms with Crippen LogP contribution in [-0.4, -0.2) is 285 Å². The first-order valence-electron chi connectivity index (χ1n) is 44.2. The summed E-state index contributed by atoms with van der Waals surface area (Å²) in [7, 11) is -9.42. The quantitative estimate of drug-likeness (QED) is 0.0323. The molecule has 0 spiro atoms. The molecule has 748 valence electrons. The number of carbonyl (C=O) groups is 6. The Balaban J connectivity index is 0.000000251. The maximum Gasteiger partial charge on any atom is 0.335 e. The molecular formula is C84H141N9O35Si4. The predicted octanol–water partition coefficient (Wildman–Crippen LogP) is 3.59. The standard InChI is InChI=1S/C30H52N2O11Si2.C27H48N2O9Si2.C18H29N3O9.C9H12N2O6/c1-18(2)44(19(3)4)40-15-22-25(42-45(43-44,20(5)6)21(7)8)26(38-16-24(34)37-12)27(41-22)31-14-13-23(33)32(29(31)36)17-39-28(35)30(9,10)11;1-16(2)39(17(3)4)35-14-20-23(37-40(38-39,18(5)6)19(7)8)22(31)24(36-20)28-13-12-21(30)29(26(28)33)15-34-25(32)27(9,10)11;1-18(2,3)16(25)29-9-21-11(19)5-6-20(17(21)26)15-14(28-8-12(23)27-4)13(24)10(7-22)30-15;12-3-4-6(14)7(15)8(17-4)11-2-1-5(13)10-9(11)16/h13-14,18-22,25-27H,15-17H2,1-12H3;12-13,16-20,22-24,31H,14-15H2,1-11H3;5-6,10-11,13-15,22,24H,7-9,19H2,1-4H3;1-2,4,6-8,12,14-15H,3H2,(H,10,13,16)/t22-,25?,26+,27-;20-,22+,23?,24-;10-,11?,13?,14+,15-;4-,6?,7+,8-/m1111/s1. The summed E-state index contributed by atoms with van der Waals surface area (Å²) < 4.78 is 107. The van der Waals surface area contributed by atoms with Crippen molar-refractivity contribution in [3.63, 3.8) is 0 Å². The first-order valence-corrected chi connectivity index (χ1v) is 52.1. The van der Waals surface area contributed by atoms with Gasteiger partial charge in [0.1, 0.15) is 92.6 Å². The van der Waals surface area contributed by atoms with Crippen LogP contribution in [0.3, 0.4) is 0 Å². The van der Waals surface area contributed by atoms with Gasteiger partial charge in [-0.1, -0.05) is 111 Å². The molecule has 2 amide bonds. The van der Waals surface area contributed by atoms with E-state index in [4.69, 9.17) is 84.1 Å². The first-order chi connectivity index (χ1) is 61.2. The van der Waals surface area contributed by atoms with Gasteiger partial charge >= 0.3 is 87.2 Å². The minimum Gasteiger partial charge on any atom is -0.467 e. The largest absolute Gasteiger partial charge is 0.467 e. The zero-order valence-electron chi connectivity index (χ0n) is 80.6. The smallest absolute Gasteiger partial charge is 0.335 e. The molecule has 10 rings (SSSR count). The number of fused-ring (bicyclic) bond motifs is 2. The van der Waals surface area contributed by atoms with Gasteiger partial charge in [0.05, 0.1) is 56.9 Å². The number of esters is 5. The van der Waals surface area contributed by atoms with Crippen LogP contribution >= 0.6 is 0 Å². The van der Waals surface area contributed by atoms with Crippen LogP contribution in [-0.2, 0) is 115 Å². The van der Waals surface area contributed by atoms with E-state index < -0.39 is 271 Å². The minimum absolute atomic E-state index is 0.00617. The molecule has 7 aliphatic rings. The maximum atomic E-state index is 13.8. The Morgan fingerprint density at radius 2 is 0.841 bits per heavy atom. The van der Waals surface area contributed by atoms with Gasteiger partial charge in [-0.15, -0.1) is 0 Å². The van der Waals surface area contributed by atoms with E-state index in [0.29, 0.717) is 0 Å². The highest BCUT2D eigenvalue weighted by molar-refractivity contribution is 6.84. The van der Waals surface area contributed by atoms with Crippen LogP contribution in [0.2, 0.25) is 44.3 Å². The van der Waals surface area contributed by atoms with Gasteiger partial charge in [-0.2, -0.15) is 0 Å². The van der Waals surface area contributed by atoms with E-state index >= 15 is 0 Å². The topological polar surface area (TPSA) is 556 Å². The third-order valence-electron chi connectivity index (χ3n) is 23.7.